The van der Waals surface area contributed by atoms with Crippen molar-refractivity contribution in [2.75, 3.05) is 5.32 Å². The van der Waals surface area contributed by atoms with E-state index in [0.717, 1.165) is 11.4 Å². The molecule has 0 atom stereocenters. The molecule has 2 aromatic rings. The SMILES string of the molecule is Cc1oc(C)c(C(=O)Nc2nnc(CC(C)C)s2)c1Br. The zero-order chi connectivity index (χ0) is 14.9. The van der Waals surface area contributed by atoms with Crippen molar-refractivity contribution < 1.29 is 9.21 Å². The van der Waals surface area contributed by atoms with Crippen LogP contribution in [0.4, 0.5) is 5.13 Å². The van der Waals surface area contributed by atoms with E-state index in [9.17, 15) is 4.79 Å². The summed E-state index contributed by atoms with van der Waals surface area (Å²) in [5, 5.41) is 12.3. The number of hydrogen-bond acceptors (Lipinski definition) is 5. The van der Waals surface area contributed by atoms with Gasteiger partial charge in [0.15, 0.2) is 0 Å². The Morgan fingerprint density at radius 3 is 2.60 bits per heavy atom. The molecule has 0 unspecified atom stereocenters. The molecule has 0 aromatic carbocycles. The minimum absolute atomic E-state index is 0.238. The van der Waals surface area contributed by atoms with Crippen molar-refractivity contribution in [2.24, 2.45) is 5.92 Å². The predicted molar refractivity (Wildman–Crippen MR) is 82.3 cm³/mol. The van der Waals surface area contributed by atoms with Crippen LogP contribution in [0.25, 0.3) is 0 Å². The van der Waals surface area contributed by atoms with Crippen LogP contribution < -0.4 is 5.32 Å². The Balaban J connectivity index is 2.13. The van der Waals surface area contributed by atoms with Crippen LogP contribution in [0.1, 0.15) is 40.7 Å². The van der Waals surface area contributed by atoms with Crippen LogP contribution in [0.15, 0.2) is 8.89 Å². The quantitative estimate of drug-likeness (QED) is 0.898. The van der Waals surface area contributed by atoms with Crippen LogP contribution in [0, 0.1) is 19.8 Å². The van der Waals surface area contributed by atoms with Gasteiger partial charge in [0.1, 0.15) is 16.5 Å². The first kappa shape index (κ1) is 15.2. The minimum atomic E-state index is -0.238. The molecule has 108 valence electrons. The van der Waals surface area contributed by atoms with Gasteiger partial charge < -0.3 is 4.42 Å². The maximum Gasteiger partial charge on any atom is 0.262 e. The second-order valence-corrected chi connectivity index (χ2v) is 6.81. The van der Waals surface area contributed by atoms with Crippen molar-refractivity contribution in [3.8, 4) is 0 Å². The molecule has 0 aliphatic rings. The third kappa shape index (κ3) is 3.27. The molecular formula is C13H16BrN3O2S. The number of nitrogens with one attached hydrogen (secondary N) is 1. The lowest BCUT2D eigenvalue weighted by atomic mass is 10.1. The fourth-order valence-corrected chi connectivity index (χ4v) is 3.30. The Bertz CT molecular complexity index is 634. The molecule has 0 aliphatic heterocycles. The van der Waals surface area contributed by atoms with Crippen LogP contribution >= 0.6 is 27.3 Å². The molecule has 0 spiro atoms. The first-order chi connectivity index (χ1) is 9.38. The number of halogens is 1. The van der Waals surface area contributed by atoms with Crippen molar-refractivity contribution in [2.45, 2.75) is 34.1 Å². The molecule has 0 bridgehead atoms. The van der Waals surface area contributed by atoms with Crippen molar-refractivity contribution in [1.29, 1.82) is 0 Å². The fourth-order valence-electron chi connectivity index (χ4n) is 1.81. The Morgan fingerprint density at radius 2 is 2.05 bits per heavy atom. The molecule has 20 heavy (non-hydrogen) atoms. The Labute approximate surface area is 129 Å². The average molecular weight is 358 g/mol. The molecule has 0 radical (unpaired) electrons. The Hall–Kier alpha value is -1.21. The number of aryl methyl sites for hydroxylation is 2. The Morgan fingerprint density at radius 1 is 1.35 bits per heavy atom. The van der Waals surface area contributed by atoms with Gasteiger partial charge in [0.25, 0.3) is 5.91 Å². The number of carbonyl (C=O) groups excluding carboxylic acids is 1. The summed E-state index contributed by atoms with van der Waals surface area (Å²) in [6.07, 6.45) is 0.862. The zero-order valence-corrected chi connectivity index (χ0v) is 14.2. The lowest BCUT2D eigenvalue weighted by molar-refractivity contribution is 0.102. The average Bonchev–Trinajstić information content (AvgIpc) is 2.84. The van der Waals surface area contributed by atoms with Crippen LogP contribution in [-0.2, 0) is 6.42 Å². The van der Waals surface area contributed by atoms with E-state index in [1.54, 1.807) is 13.8 Å². The molecule has 0 saturated carbocycles. The van der Waals surface area contributed by atoms with Gasteiger partial charge in [-0.3, -0.25) is 10.1 Å². The normalized spacial score (nSPS) is 11.1. The summed E-state index contributed by atoms with van der Waals surface area (Å²) in [6.45, 7) is 7.80. The highest BCUT2D eigenvalue weighted by Gasteiger charge is 2.21. The monoisotopic (exact) mass is 357 g/mol. The van der Waals surface area contributed by atoms with Crippen LogP contribution in [0.3, 0.4) is 0 Å². The molecule has 2 aromatic heterocycles. The summed E-state index contributed by atoms with van der Waals surface area (Å²) >= 11 is 4.77. The summed E-state index contributed by atoms with van der Waals surface area (Å²) in [6, 6.07) is 0. The van der Waals surface area contributed by atoms with Crippen LogP contribution in [-0.4, -0.2) is 16.1 Å². The molecule has 0 saturated heterocycles. The van der Waals surface area contributed by atoms with Gasteiger partial charge in [-0.2, -0.15) is 0 Å². The number of amides is 1. The largest absolute Gasteiger partial charge is 0.465 e. The first-order valence-corrected chi connectivity index (χ1v) is 7.88. The van der Waals surface area contributed by atoms with Crippen molar-refractivity contribution >= 4 is 38.3 Å². The van der Waals surface area contributed by atoms with Gasteiger partial charge in [0.05, 0.1) is 10.0 Å². The van der Waals surface area contributed by atoms with Crippen LogP contribution in [0.2, 0.25) is 0 Å². The standard InChI is InChI=1S/C13H16BrN3O2S/c1-6(2)5-9-16-17-13(20-9)15-12(18)10-7(3)19-8(4)11(10)14/h6H,5H2,1-4H3,(H,15,17,18). The van der Waals surface area contributed by atoms with E-state index in [0.29, 0.717) is 32.6 Å². The molecule has 1 amide bonds. The fraction of sp³-hybridized carbons (Fsp3) is 0.462. The maximum atomic E-state index is 12.2. The van der Waals surface area contributed by atoms with Gasteiger partial charge >= 0.3 is 0 Å². The van der Waals surface area contributed by atoms with Crippen molar-refractivity contribution in [3.63, 3.8) is 0 Å². The van der Waals surface area contributed by atoms with Gasteiger partial charge in [0, 0.05) is 6.42 Å². The van der Waals surface area contributed by atoms with Gasteiger partial charge in [0.2, 0.25) is 5.13 Å². The van der Waals surface area contributed by atoms with E-state index in [2.05, 4.69) is 45.3 Å². The lowest BCUT2D eigenvalue weighted by Crippen LogP contribution is -2.12. The number of carbonyl (C=O) groups is 1. The van der Waals surface area contributed by atoms with E-state index < -0.39 is 0 Å². The number of furan rings is 1. The molecular weight excluding hydrogens is 342 g/mol. The maximum absolute atomic E-state index is 12.2. The summed E-state index contributed by atoms with van der Waals surface area (Å²) in [5.41, 5.74) is 0.503. The molecule has 2 rings (SSSR count). The predicted octanol–water partition coefficient (Wildman–Crippen LogP) is 3.96. The zero-order valence-electron chi connectivity index (χ0n) is 11.8. The van der Waals surface area contributed by atoms with E-state index in [4.69, 9.17) is 4.42 Å². The van der Waals surface area contributed by atoms with Crippen molar-refractivity contribution in [3.05, 3.63) is 26.6 Å². The van der Waals surface area contributed by atoms with E-state index >= 15 is 0 Å². The highest BCUT2D eigenvalue weighted by Crippen LogP contribution is 2.28. The second kappa shape index (κ2) is 6.05. The first-order valence-electron chi connectivity index (χ1n) is 6.27. The number of aromatic nitrogens is 2. The second-order valence-electron chi connectivity index (χ2n) is 4.96. The Kier molecular flexibility index (Phi) is 4.59. The van der Waals surface area contributed by atoms with E-state index in [1.165, 1.54) is 11.3 Å². The molecule has 5 nitrogen and oxygen atoms in total. The summed E-state index contributed by atoms with van der Waals surface area (Å²) in [5.74, 6) is 1.54. The summed E-state index contributed by atoms with van der Waals surface area (Å²) in [4.78, 5) is 12.2. The molecule has 0 aliphatic carbocycles. The van der Waals surface area contributed by atoms with Crippen molar-refractivity contribution in [1.82, 2.24) is 10.2 Å². The number of hydrogen-bond donors (Lipinski definition) is 1. The molecule has 1 N–H and O–H groups in total. The third-order valence-electron chi connectivity index (χ3n) is 2.68. The highest BCUT2D eigenvalue weighted by atomic mass is 79.9. The van der Waals surface area contributed by atoms with Gasteiger partial charge in [-0.05, 0) is 35.7 Å². The van der Waals surface area contributed by atoms with E-state index in [-0.39, 0.29) is 5.91 Å². The van der Waals surface area contributed by atoms with Gasteiger partial charge in [-0.15, -0.1) is 10.2 Å². The number of nitrogens with zero attached hydrogens (tertiary/aromatic N) is 2. The lowest BCUT2D eigenvalue weighted by Gasteiger charge is -2.00. The molecule has 7 heteroatoms. The van der Waals surface area contributed by atoms with E-state index in [1.807, 2.05) is 0 Å². The molecule has 2 heterocycles. The summed E-state index contributed by atoms with van der Waals surface area (Å²) in [7, 11) is 0. The number of rotatable bonds is 4. The number of anilines is 1. The topological polar surface area (TPSA) is 68.0 Å². The smallest absolute Gasteiger partial charge is 0.262 e. The minimum Gasteiger partial charge on any atom is -0.465 e. The summed E-state index contributed by atoms with van der Waals surface area (Å²) < 4.78 is 6.10. The molecule has 0 fully saturated rings. The van der Waals surface area contributed by atoms with Gasteiger partial charge in [-0.25, -0.2) is 0 Å². The third-order valence-corrected chi connectivity index (χ3v) is 4.50. The van der Waals surface area contributed by atoms with Crippen LogP contribution in [0.5, 0.6) is 0 Å². The highest BCUT2D eigenvalue weighted by molar-refractivity contribution is 9.10. The van der Waals surface area contributed by atoms with Gasteiger partial charge in [-0.1, -0.05) is 25.2 Å².